The Kier molecular flexibility index (Phi) is 5.37. The zero-order chi connectivity index (χ0) is 27.1. The van der Waals surface area contributed by atoms with E-state index in [9.17, 15) is 19.6 Å². The normalized spacial score (nSPS) is 22.8. The molecule has 2 aliphatic heterocycles. The van der Waals surface area contributed by atoms with Crippen molar-refractivity contribution in [2.75, 3.05) is 4.90 Å². The van der Waals surface area contributed by atoms with Crippen LogP contribution in [0.4, 0.5) is 10.2 Å². The number of aromatic nitrogens is 3. The topological polar surface area (TPSA) is 107 Å². The van der Waals surface area contributed by atoms with Crippen molar-refractivity contribution in [3.05, 3.63) is 59.2 Å². The summed E-state index contributed by atoms with van der Waals surface area (Å²) < 4.78 is 16.0. The Bertz CT molecular complexity index is 1490. The molecule has 37 heavy (non-hydrogen) atoms. The molecule has 0 spiro atoms. The number of pyridine rings is 1. The smallest absolute Gasteiger partial charge is 0.255 e. The molecule has 4 heterocycles. The largest absolute Gasteiger partial charge is 0.400 e. The third-order valence-corrected chi connectivity index (χ3v) is 6.80. The predicted octanol–water partition coefficient (Wildman–Crippen LogP) is -1.70. The van der Waals surface area contributed by atoms with Crippen LogP contribution in [0.15, 0.2) is 36.5 Å². The summed E-state index contributed by atoms with van der Waals surface area (Å²) in [4.78, 5) is 17.9. The monoisotopic (exact) mass is 474 g/mol. The zero-order valence-corrected chi connectivity index (χ0v) is 19.2. The summed E-state index contributed by atoms with van der Waals surface area (Å²) in [6.07, 6.45) is 1.40. The van der Waals surface area contributed by atoms with E-state index >= 15 is 0 Å². The van der Waals surface area contributed by atoms with Gasteiger partial charge in [0.2, 0.25) is 0 Å². The van der Waals surface area contributed by atoms with Crippen LogP contribution in [0.25, 0.3) is 16.9 Å². The fourth-order valence-electron chi connectivity index (χ4n) is 4.64. The fourth-order valence-corrected chi connectivity index (χ4v) is 4.64. The number of amides is 1. The van der Waals surface area contributed by atoms with E-state index in [1.165, 1.54) is 41.2 Å². The number of nitriles is 1. The highest BCUT2D eigenvalue weighted by Crippen LogP contribution is 2.56. The molecule has 2 aromatic heterocycles. The second-order valence-electron chi connectivity index (χ2n) is 9.05. The van der Waals surface area contributed by atoms with Gasteiger partial charge in [0.25, 0.3) is 5.91 Å². The molecule has 14 radical (unpaired) electrons. The van der Waals surface area contributed by atoms with Crippen molar-refractivity contribution in [1.29, 1.82) is 5.26 Å². The van der Waals surface area contributed by atoms with Gasteiger partial charge in [-0.2, -0.15) is 10.4 Å². The number of rotatable bonds is 3. The number of hydrogen-bond donors (Lipinski definition) is 2. The first-order chi connectivity index (χ1) is 17.2. The van der Waals surface area contributed by atoms with Crippen LogP contribution in [0, 0.1) is 17.1 Å². The summed E-state index contributed by atoms with van der Waals surface area (Å²) >= 11 is 0. The molecule has 0 saturated carbocycles. The number of hydrogen-bond acceptors (Lipinski definition) is 6. The number of benzene rings is 1. The average Bonchev–Trinajstić information content (AvgIpc) is 3.46. The second-order valence-corrected chi connectivity index (χ2v) is 9.05. The first-order valence-electron chi connectivity index (χ1n) is 10.8. The van der Waals surface area contributed by atoms with Gasteiger partial charge in [0.1, 0.15) is 19.5 Å². The summed E-state index contributed by atoms with van der Waals surface area (Å²) in [5, 5.41) is 20.2. The summed E-state index contributed by atoms with van der Waals surface area (Å²) in [5.41, 5.74) is -1.94. The first kappa shape index (κ1) is 25.3. The Hall–Kier alpha value is -3.32. The van der Waals surface area contributed by atoms with Crippen molar-refractivity contribution >= 4 is 66.6 Å². The number of anilines is 1. The van der Waals surface area contributed by atoms with E-state index in [-0.39, 0.29) is 40.4 Å². The minimum Gasteiger partial charge on any atom is -0.400 e. The maximum atomic E-state index is 14.8. The molecule has 1 saturated heterocycles. The quantitative estimate of drug-likeness (QED) is 0.440. The van der Waals surface area contributed by atoms with Crippen molar-refractivity contribution < 1.29 is 14.3 Å². The molecule has 0 bridgehead atoms. The number of nitrogens with one attached hydrogen (secondary N) is 1. The van der Waals surface area contributed by atoms with Gasteiger partial charge in [-0.25, -0.2) is 14.1 Å². The highest BCUT2D eigenvalue weighted by Gasteiger charge is 2.65. The lowest BCUT2D eigenvalue weighted by Gasteiger charge is -2.47. The summed E-state index contributed by atoms with van der Waals surface area (Å²) in [7, 11) is 42.3. The molecule has 1 atom stereocenters. The van der Waals surface area contributed by atoms with E-state index in [2.05, 4.69) is 15.4 Å². The van der Waals surface area contributed by atoms with E-state index in [0.29, 0.717) is 5.69 Å². The Morgan fingerprint density at radius 2 is 1.78 bits per heavy atom. The van der Waals surface area contributed by atoms with Gasteiger partial charge in [-0.15, -0.1) is 0 Å². The number of halogens is 1. The van der Waals surface area contributed by atoms with Crippen LogP contribution in [0.2, 0.25) is 5.21 Å². The van der Waals surface area contributed by atoms with Crippen LogP contribution in [-0.2, 0) is 6.54 Å². The number of aliphatic hydroxyl groups is 1. The molecule has 164 valence electrons. The lowest BCUT2D eigenvalue weighted by Crippen LogP contribution is -2.63. The minimum absolute atomic E-state index is 0.0459. The highest BCUT2D eigenvalue weighted by atomic mass is 19.1. The molecule has 3 aromatic rings. The van der Waals surface area contributed by atoms with Gasteiger partial charge in [-0.1, -0.05) is 11.3 Å². The molecule has 1 amide bonds. The van der Waals surface area contributed by atoms with Gasteiger partial charge < -0.3 is 15.3 Å². The van der Waals surface area contributed by atoms with Crippen molar-refractivity contribution in [2.45, 2.75) is 27.9 Å². The van der Waals surface area contributed by atoms with Crippen molar-refractivity contribution in [3.63, 3.8) is 0 Å². The standard InChI is InChI=1S/C21H10B7FN6O2/c22-18(23)19(24,37)21(27,28)35(20(18,25)26)14-4-5-34(33-14)13-6-11(32-12-8-31-17(36)16(12)13)15-9(7-30)2-1-3-10(15)29/h1-6,37H,8H2,(H,31,36)/t19-/m1/s1. The first-order valence-corrected chi connectivity index (χ1v) is 10.8. The SMILES string of the molecule is [B]C1([B])N(c2ccn(-c3cc(-c4c(F)cccc4C#N)nc4c3C(=O)NC4)n2)C([B])([B])[C@]([B])(O)C1([B])[B]. The van der Waals surface area contributed by atoms with Crippen molar-refractivity contribution in [2.24, 2.45) is 0 Å². The van der Waals surface area contributed by atoms with Crippen molar-refractivity contribution in [3.8, 4) is 23.0 Å². The van der Waals surface area contributed by atoms with Gasteiger partial charge in [0, 0.05) is 17.8 Å². The van der Waals surface area contributed by atoms with Gasteiger partial charge in [0.15, 0.2) is 0 Å². The van der Waals surface area contributed by atoms with Gasteiger partial charge >= 0.3 is 0 Å². The lowest BCUT2D eigenvalue weighted by molar-refractivity contribution is 0.0965. The van der Waals surface area contributed by atoms with E-state index < -0.39 is 33.1 Å². The van der Waals surface area contributed by atoms with Crippen LogP contribution >= 0.6 is 0 Å². The minimum atomic E-state index is -2.68. The molecule has 1 fully saturated rings. The maximum absolute atomic E-state index is 14.8. The van der Waals surface area contributed by atoms with E-state index in [4.69, 9.17) is 54.9 Å². The number of nitrogens with zero attached hydrogens (tertiary/aromatic N) is 5. The molecule has 8 nitrogen and oxygen atoms in total. The summed E-state index contributed by atoms with van der Waals surface area (Å²) in [6.45, 7) is 0.0676. The Labute approximate surface area is 221 Å². The summed E-state index contributed by atoms with van der Waals surface area (Å²) in [5.74, 6) is -1.23. The van der Waals surface area contributed by atoms with Gasteiger partial charge in [-0.05, 0) is 28.9 Å². The number of fused-ring (bicyclic) bond motifs is 1. The third-order valence-electron chi connectivity index (χ3n) is 6.80. The lowest BCUT2D eigenvalue weighted by atomic mass is 9.26. The maximum Gasteiger partial charge on any atom is 0.255 e. The zero-order valence-electron chi connectivity index (χ0n) is 19.2. The van der Waals surface area contributed by atoms with Crippen LogP contribution < -0.4 is 10.2 Å². The van der Waals surface area contributed by atoms with E-state index in [1.54, 1.807) is 0 Å². The Morgan fingerprint density at radius 3 is 2.41 bits per heavy atom. The van der Waals surface area contributed by atoms with Crippen LogP contribution in [0.3, 0.4) is 0 Å². The van der Waals surface area contributed by atoms with Crippen molar-refractivity contribution in [1.82, 2.24) is 20.1 Å². The second kappa shape index (κ2) is 7.84. The molecule has 0 aliphatic carbocycles. The molecule has 2 N–H and O–H groups in total. The van der Waals surface area contributed by atoms with Gasteiger partial charge in [0.05, 0.1) is 93.5 Å². The molecule has 1 aromatic carbocycles. The molecule has 2 aliphatic rings. The molecule has 0 unspecified atom stereocenters. The Balaban J connectivity index is 1.69. The average molecular weight is 473 g/mol. The van der Waals surface area contributed by atoms with Crippen LogP contribution in [0.1, 0.15) is 21.6 Å². The van der Waals surface area contributed by atoms with Crippen LogP contribution in [-0.4, -0.2) is 96.9 Å². The number of carbonyl (C=O) groups excluding carboxylic acids is 1. The predicted molar refractivity (Wildman–Crippen MR) is 138 cm³/mol. The molecular formula is C21H10B7FN6O2. The Morgan fingerprint density at radius 1 is 1.08 bits per heavy atom. The number of carbonyl (C=O) groups is 1. The molecule has 5 rings (SSSR count). The van der Waals surface area contributed by atoms with E-state index in [1.807, 2.05) is 6.07 Å². The highest BCUT2D eigenvalue weighted by molar-refractivity contribution is 6.63. The van der Waals surface area contributed by atoms with Gasteiger partial charge in [-0.3, -0.25) is 4.79 Å². The molecule has 16 heteroatoms. The van der Waals surface area contributed by atoms with Crippen LogP contribution in [0.5, 0.6) is 0 Å². The molecular weight excluding hydrogens is 463 g/mol. The fraction of sp³-hybridized carbons (Fsp3) is 0.238. The third kappa shape index (κ3) is 3.23. The summed E-state index contributed by atoms with van der Waals surface area (Å²) in [6, 6.07) is 8.74. The van der Waals surface area contributed by atoms with E-state index in [0.717, 1.165) is 4.90 Å².